The number of hydrogen-bond donors (Lipinski definition) is 3. The normalized spacial score (nSPS) is 29.5. The summed E-state index contributed by atoms with van der Waals surface area (Å²) in [5, 5.41) is 7.67. The highest BCUT2D eigenvalue weighted by Crippen LogP contribution is 2.47. The van der Waals surface area contributed by atoms with Gasteiger partial charge in [-0.3, -0.25) is 19.1 Å². The van der Waals surface area contributed by atoms with Crippen LogP contribution in [0.15, 0.2) is 42.1 Å². The van der Waals surface area contributed by atoms with Gasteiger partial charge in [0, 0.05) is 41.7 Å². The van der Waals surface area contributed by atoms with Crippen molar-refractivity contribution in [2.45, 2.75) is 120 Å². The van der Waals surface area contributed by atoms with Gasteiger partial charge in [-0.1, -0.05) is 26.0 Å². The van der Waals surface area contributed by atoms with E-state index >= 15 is 0 Å². The number of aromatic nitrogens is 2. The Morgan fingerprint density at radius 1 is 1.11 bits per heavy atom. The van der Waals surface area contributed by atoms with Crippen LogP contribution in [0.5, 0.6) is 5.88 Å². The number of halogens is 3. The SMILES string of the molecule is CC1CCC=CC2CC2(C(=O)NS(=O)(=O)C2(C)CC2)NC(=O)C2CC(Oc3cc(-c4nccs4)ccn3)CN2C(=O)C(NC(=O)OC(C)(C)C(F)(F)F)C(C)C1. The number of thiazole rings is 1. The molecule has 4 amide bonds. The maximum absolute atomic E-state index is 14.6. The maximum Gasteiger partial charge on any atom is 0.427 e. The molecule has 1 saturated heterocycles. The van der Waals surface area contributed by atoms with E-state index in [1.165, 1.54) is 29.4 Å². The lowest BCUT2D eigenvalue weighted by Gasteiger charge is -2.34. The molecule has 4 heterocycles. The second kappa shape index (κ2) is 15.2. The fraction of sp³-hybridized carbons (Fsp3) is 0.622. The topological polar surface area (TPSA) is 186 Å². The molecule has 2 aliphatic heterocycles. The molecule has 0 spiro atoms. The molecule has 3 fully saturated rings. The molecular weight excluding hydrogens is 778 g/mol. The highest BCUT2D eigenvalue weighted by Gasteiger charge is 2.63. The summed E-state index contributed by atoms with van der Waals surface area (Å²) in [5.74, 6) is -3.46. The molecule has 0 radical (unpaired) electrons. The fourth-order valence-corrected chi connectivity index (χ4v) is 9.13. The van der Waals surface area contributed by atoms with Crippen LogP contribution < -0.4 is 20.1 Å². The monoisotopic (exact) mass is 824 g/mol. The predicted octanol–water partition coefficient (Wildman–Crippen LogP) is 4.87. The van der Waals surface area contributed by atoms with E-state index in [9.17, 15) is 40.8 Å². The molecule has 3 N–H and O–H groups in total. The third-order valence-corrected chi connectivity index (χ3v) is 14.2. The number of sulfonamides is 1. The third kappa shape index (κ3) is 8.67. The van der Waals surface area contributed by atoms with Gasteiger partial charge in [0.2, 0.25) is 33.3 Å². The van der Waals surface area contributed by atoms with Crippen LogP contribution in [0.1, 0.15) is 79.6 Å². The summed E-state index contributed by atoms with van der Waals surface area (Å²) in [6.45, 7) is 6.35. The second-order valence-corrected chi connectivity index (χ2v) is 19.3. The Morgan fingerprint density at radius 3 is 2.50 bits per heavy atom. The van der Waals surface area contributed by atoms with Gasteiger partial charge in [0.15, 0.2) is 0 Å². The molecule has 7 unspecified atom stereocenters. The lowest BCUT2D eigenvalue weighted by atomic mass is 9.88. The molecule has 4 aliphatic rings. The number of pyridine rings is 1. The number of allylic oxidation sites excluding steroid dienone is 1. The van der Waals surface area contributed by atoms with Gasteiger partial charge in [-0.15, -0.1) is 11.3 Å². The number of alkyl carbamates (subject to hydrolysis) is 1. The summed E-state index contributed by atoms with van der Waals surface area (Å²) < 4.78 is 79.5. The number of rotatable bonds is 8. The molecule has 2 aromatic rings. The standard InChI is InChI=1S/C37H47F3N6O8S2/c1-21-8-6-7-9-24-19-36(24,32(49)45-56(51,52)35(5)11-12-35)44-29(47)26-18-25(53-27-17-23(10-13-41-27)30-42-14-15-55-30)20-46(26)31(48)28(22(2)16-21)43-33(50)54-34(3,4)37(38,39)40/h7,9-10,13-15,17,21-22,24-26,28H,6,8,11-12,16,18-20H2,1-5H3,(H,43,50)(H,44,47)(H,45,49). The van der Waals surface area contributed by atoms with Crippen molar-refractivity contribution in [3.63, 3.8) is 0 Å². The molecule has 56 heavy (non-hydrogen) atoms. The van der Waals surface area contributed by atoms with Crippen LogP contribution in [0.4, 0.5) is 18.0 Å². The van der Waals surface area contributed by atoms with Gasteiger partial charge in [0.25, 0.3) is 5.91 Å². The van der Waals surface area contributed by atoms with Crippen LogP contribution in [0, 0.1) is 17.8 Å². The van der Waals surface area contributed by atoms with Crippen LogP contribution in [0.3, 0.4) is 0 Å². The van der Waals surface area contributed by atoms with E-state index in [0.717, 1.165) is 5.56 Å². The Morgan fingerprint density at radius 2 is 1.84 bits per heavy atom. The first-order valence-corrected chi connectivity index (χ1v) is 21.0. The van der Waals surface area contributed by atoms with E-state index in [0.29, 0.717) is 51.0 Å². The molecule has 14 nitrogen and oxygen atoms in total. The van der Waals surface area contributed by atoms with Gasteiger partial charge in [0.1, 0.15) is 28.7 Å². The number of hydrogen-bond acceptors (Lipinski definition) is 11. The van der Waals surface area contributed by atoms with Crippen molar-refractivity contribution >= 4 is 45.2 Å². The van der Waals surface area contributed by atoms with Crippen molar-refractivity contribution in [2.75, 3.05) is 6.54 Å². The van der Waals surface area contributed by atoms with E-state index in [4.69, 9.17) is 9.47 Å². The summed E-state index contributed by atoms with van der Waals surface area (Å²) in [6.07, 6.45) is 1.92. The van der Waals surface area contributed by atoms with Crippen molar-refractivity contribution in [2.24, 2.45) is 17.8 Å². The second-order valence-electron chi connectivity index (χ2n) is 16.2. The van der Waals surface area contributed by atoms with E-state index in [1.54, 1.807) is 31.3 Å². The first kappa shape index (κ1) is 41.4. The molecule has 19 heteroatoms. The zero-order valence-electron chi connectivity index (χ0n) is 31.7. The van der Waals surface area contributed by atoms with Crippen molar-refractivity contribution < 1.29 is 50.2 Å². The summed E-state index contributed by atoms with van der Waals surface area (Å²) in [7, 11) is -4.07. The number of carbonyl (C=O) groups is 4. The average molecular weight is 825 g/mol. The number of ether oxygens (including phenoxy) is 2. The molecule has 2 saturated carbocycles. The molecule has 2 aliphatic carbocycles. The van der Waals surface area contributed by atoms with Crippen molar-refractivity contribution in [3.8, 4) is 16.5 Å². The minimum absolute atomic E-state index is 0.0300. The van der Waals surface area contributed by atoms with E-state index < -0.39 is 85.9 Å². The van der Waals surface area contributed by atoms with E-state index in [1.807, 2.05) is 18.4 Å². The van der Waals surface area contributed by atoms with E-state index in [-0.39, 0.29) is 31.2 Å². The molecule has 7 atom stereocenters. The molecule has 6 rings (SSSR count). The highest BCUT2D eigenvalue weighted by molar-refractivity contribution is 7.91. The third-order valence-electron chi connectivity index (χ3n) is 11.3. The number of carbonyl (C=O) groups excluding carboxylic acids is 4. The zero-order chi connectivity index (χ0) is 40.8. The Bertz CT molecular complexity index is 1970. The molecule has 0 bridgehead atoms. The van der Waals surface area contributed by atoms with Crippen LogP contribution in [0.2, 0.25) is 0 Å². The van der Waals surface area contributed by atoms with Gasteiger partial charge in [-0.05, 0) is 77.2 Å². The number of amides is 4. The van der Waals surface area contributed by atoms with Gasteiger partial charge < -0.3 is 25.0 Å². The summed E-state index contributed by atoms with van der Waals surface area (Å²) >= 11 is 1.40. The quantitative estimate of drug-likeness (QED) is 0.310. The lowest BCUT2D eigenvalue weighted by Crippen LogP contribution is -2.59. The minimum Gasteiger partial charge on any atom is -0.472 e. The first-order valence-electron chi connectivity index (χ1n) is 18.6. The van der Waals surface area contributed by atoms with Gasteiger partial charge >= 0.3 is 12.3 Å². The number of fused-ring (bicyclic) bond motifs is 2. The average Bonchev–Trinajstić information content (AvgIpc) is 3.86. The van der Waals surface area contributed by atoms with Crippen LogP contribution >= 0.6 is 11.3 Å². The number of nitrogens with one attached hydrogen (secondary N) is 3. The smallest absolute Gasteiger partial charge is 0.427 e. The minimum atomic E-state index is -4.91. The van der Waals surface area contributed by atoms with Gasteiger partial charge in [0.05, 0.1) is 11.3 Å². The fourth-order valence-electron chi connectivity index (χ4n) is 7.19. The molecule has 2 aromatic heterocycles. The summed E-state index contributed by atoms with van der Waals surface area (Å²) in [5.41, 5.74) is -3.79. The zero-order valence-corrected chi connectivity index (χ0v) is 33.4. The van der Waals surface area contributed by atoms with Gasteiger partial charge in [-0.2, -0.15) is 13.2 Å². The Labute approximate surface area is 327 Å². The predicted molar refractivity (Wildman–Crippen MR) is 198 cm³/mol. The Hall–Kier alpha value is -4.26. The summed E-state index contributed by atoms with van der Waals surface area (Å²) in [4.78, 5) is 65.8. The van der Waals surface area contributed by atoms with E-state index in [2.05, 4.69) is 25.3 Å². The van der Waals surface area contributed by atoms with Crippen LogP contribution in [0.25, 0.3) is 10.6 Å². The summed E-state index contributed by atoms with van der Waals surface area (Å²) in [6, 6.07) is 0.673. The van der Waals surface area contributed by atoms with Gasteiger partial charge in [-0.25, -0.2) is 23.2 Å². The Kier molecular flexibility index (Phi) is 11.3. The molecule has 0 aromatic carbocycles. The van der Waals surface area contributed by atoms with Crippen molar-refractivity contribution in [3.05, 3.63) is 42.1 Å². The lowest BCUT2D eigenvalue weighted by molar-refractivity contribution is -0.244. The van der Waals surface area contributed by atoms with Crippen molar-refractivity contribution in [1.29, 1.82) is 0 Å². The Balaban J connectivity index is 1.33. The first-order chi connectivity index (χ1) is 26.1. The largest absolute Gasteiger partial charge is 0.472 e. The maximum atomic E-state index is 14.6. The number of nitrogens with zero attached hydrogens (tertiary/aromatic N) is 3. The number of alkyl halides is 3. The highest BCUT2D eigenvalue weighted by atomic mass is 32.2. The van der Waals surface area contributed by atoms with Crippen LogP contribution in [-0.2, 0) is 29.1 Å². The van der Waals surface area contributed by atoms with Crippen molar-refractivity contribution in [1.82, 2.24) is 30.2 Å². The van der Waals surface area contributed by atoms with Crippen LogP contribution in [-0.4, -0.2) is 93.9 Å². The molecule has 306 valence electrons. The molecular formula is C37H47F3N6O8S2.